The van der Waals surface area contributed by atoms with Gasteiger partial charge in [0.1, 0.15) is 0 Å². The van der Waals surface area contributed by atoms with E-state index in [9.17, 15) is 27.5 Å². The van der Waals surface area contributed by atoms with Crippen LogP contribution in [-0.4, -0.2) is 76.7 Å². The van der Waals surface area contributed by atoms with Crippen LogP contribution in [0.25, 0.3) is 0 Å². The van der Waals surface area contributed by atoms with Gasteiger partial charge in [-0.15, -0.1) is 0 Å². The van der Waals surface area contributed by atoms with Gasteiger partial charge in [0.15, 0.2) is 0 Å². The molecular formula is C24H29AsClF4N3O2. The summed E-state index contributed by atoms with van der Waals surface area (Å²) in [6.45, 7) is 3.53. The van der Waals surface area contributed by atoms with E-state index < -0.39 is 40.1 Å². The van der Waals surface area contributed by atoms with Crippen LogP contribution in [0.3, 0.4) is 0 Å². The number of anilines is 2. The number of halogens is 5. The monoisotopic (exact) mass is 577 g/mol. The predicted molar refractivity (Wildman–Crippen MR) is 132 cm³/mol. The van der Waals surface area contributed by atoms with Crippen LogP contribution < -0.4 is 10.2 Å². The van der Waals surface area contributed by atoms with E-state index in [0.717, 1.165) is 16.0 Å². The number of aliphatic hydroxyl groups excluding tert-OH is 1. The van der Waals surface area contributed by atoms with Crippen molar-refractivity contribution in [3.63, 3.8) is 0 Å². The standard InChI is InChI=1S/C24H29AsClF4N3O2/c1-16(34)14-25-15-17-2-4-19(20(27)12-17)23(35)31-21-5-3-18(26)13-22(21)33-10-8-32(9-11-33)7-6-24(28,29)30/h2-5,12-13,16,25,34H,6-11,14-15H2,1H3,(H,31,35)/t16-/m1/s1. The van der Waals surface area contributed by atoms with Gasteiger partial charge in [-0.3, -0.25) is 4.90 Å². The number of carbonyl (C=O) groups excluding carboxylic acids is 1. The predicted octanol–water partition coefficient (Wildman–Crippen LogP) is 4.54. The zero-order chi connectivity index (χ0) is 25.6. The molecule has 35 heavy (non-hydrogen) atoms. The average Bonchev–Trinajstić information content (AvgIpc) is 2.78. The molecular weight excluding hydrogens is 549 g/mol. The van der Waals surface area contributed by atoms with Gasteiger partial charge in [0, 0.05) is 6.54 Å². The third kappa shape index (κ3) is 8.67. The number of hydrogen-bond acceptors (Lipinski definition) is 4. The molecule has 0 aromatic heterocycles. The molecule has 2 N–H and O–H groups in total. The summed E-state index contributed by atoms with van der Waals surface area (Å²) >= 11 is 5.74. The molecule has 0 bridgehead atoms. The second-order valence-electron chi connectivity index (χ2n) is 8.60. The summed E-state index contributed by atoms with van der Waals surface area (Å²) in [6.07, 6.45) is -5.39. The number of aliphatic hydroxyl groups is 1. The number of carbonyl (C=O) groups is 1. The van der Waals surface area contributed by atoms with Crippen molar-refractivity contribution in [2.45, 2.75) is 36.0 Å². The van der Waals surface area contributed by atoms with Crippen LogP contribution in [0.5, 0.6) is 0 Å². The molecule has 0 spiro atoms. The van der Waals surface area contributed by atoms with E-state index in [-0.39, 0.29) is 18.2 Å². The zero-order valence-electron chi connectivity index (χ0n) is 19.3. The fourth-order valence-corrected chi connectivity index (χ4v) is 6.25. The molecule has 2 aromatic carbocycles. The second kappa shape index (κ2) is 12.4. The minimum absolute atomic E-state index is 0.0486. The number of rotatable bonds is 9. The van der Waals surface area contributed by atoms with Gasteiger partial charge in [0.05, 0.1) is 6.42 Å². The number of amides is 1. The third-order valence-corrected chi connectivity index (χ3v) is 9.14. The number of nitrogens with zero attached hydrogens (tertiary/aromatic N) is 2. The number of alkyl halides is 3. The Balaban J connectivity index is 1.66. The molecule has 11 heteroatoms. The summed E-state index contributed by atoms with van der Waals surface area (Å²) < 4.78 is 52.3. The van der Waals surface area contributed by atoms with Crippen LogP contribution in [0.4, 0.5) is 28.9 Å². The molecule has 0 saturated carbocycles. The average molecular weight is 578 g/mol. The first kappa shape index (κ1) is 27.8. The van der Waals surface area contributed by atoms with E-state index in [0.29, 0.717) is 42.6 Å². The first-order valence-electron chi connectivity index (χ1n) is 11.3. The minimum atomic E-state index is -4.19. The van der Waals surface area contributed by atoms with Crippen LogP contribution in [0, 0.1) is 5.82 Å². The van der Waals surface area contributed by atoms with Crippen molar-refractivity contribution in [1.29, 1.82) is 0 Å². The van der Waals surface area contributed by atoms with Crippen molar-refractivity contribution < 1.29 is 27.5 Å². The first-order valence-corrected chi connectivity index (χ1v) is 14.7. The van der Waals surface area contributed by atoms with Crippen molar-refractivity contribution in [2.75, 3.05) is 42.9 Å². The van der Waals surface area contributed by atoms with Crippen molar-refractivity contribution in [3.05, 3.63) is 58.4 Å². The Kier molecular flexibility index (Phi) is 9.87. The maximum absolute atomic E-state index is 14.7. The Morgan fingerprint density at radius 3 is 2.51 bits per heavy atom. The molecule has 2 aromatic rings. The van der Waals surface area contributed by atoms with Gasteiger partial charge < -0.3 is 0 Å². The summed E-state index contributed by atoms with van der Waals surface area (Å²) in [4.78, 5) is 16.6. The Labute approximate surface area is 214 Å². The number of benzene rings is 2. The van der Waals surface area contributed by atoms with E-state index in [1.807, 2.05) is 4.90 Å². The molecule has 1 fully saturated rings. The summed E-state index contributed by atoms with van der Waals surface area (Å²) in [6, 6.07) is 9.50. The summed E-state index contributed by atoms with van der Waals surface area (Å²) in [5.74, 6) is -1.21. The topological polar surface area (TPSA) is 55.8 Å². The Morgan fingerprint density at radius 2 is 1.89 bits per heavy atom. The molecule has 1 amide bonds. The van der Waals surface area contributed by atoms with Crippen molar-refractivity contribution in [1.82, 2.24) is 4.90 Å². The summed E-state index contributed by atoms with van der Waals surface area (Å²) in [5.41, 5.74) is 1.81. The molecule has 0 radical (unpaired) electrons. The normalized spacial score (nSPS) is 16.1. The van der Waals surface area contributed by atoms with Crippen LogP contribution in [0.2, 0.25) is 10.2 Å². The fraction of sp³-hybridized carbons (Fsp3) is 0.458. The van der Waals surface area contributed by atoms with E-state index in [1.54, 1.807) is 36.1 Å². The summed E-state index contributed by atoms with van der Waals surface area (Å²) in [5, 5.41) is 14.1. The van der Waals surface area contributed by atoms with E-state index in [1.165, 1.54) is 12.1 Å². The molecule has 2 atom stereocenters. The van der Waals surface area contributed by atoms with Gasteiger partial charge >= 0.3 is 183 Å². The van der Waals surface area contributed by atoms with Gasteiger partial charge in [-0.1, -0.05) is 0 Å². The van der Waals surface area contributed by atoms with Gasteiger partial charge in [0.2, 0.25) is 0 Å². The van der Waals surface area contributed by atoms with Crippen LogP contribution >= 0.6 is 11.6 Å². The molecule has 1 unspecified atom stereocenters. The molecule has 1 aliphatic heterocycles. The van der Waals surface area contributed by atoms with Gasteiger partial charge in [0.25, 0.3) is 0 Å². The van der Waals surface area contributed by atoms with E-state index >= 15 is 0 Å². The van der Waals surface area contributed by atoms with Crippen molar-refractivity contribution in [3.8, 4) is 0 Å². The van der Waals surface area contributed by atoms with Crippen LogP contribution in [-0.2, 0) is 5.21 Å². The number of nitrogens with one attached hydrogen (secondary N) is 1. The van der Waals surface area contributed by atoms with Crippen molar-refractivity contribution >= 4 is 44.6 Å². The molecule has 1 saturated heterocycles. The van der Waals surface area contributed by atoms with Crippen molar-refractivity contribution in [2.24, 2.45) is 0 Å². The van der Waals surface area contributed by atoms with E-state index in [4.69, 9.17) is 11.6 Å². The fourth-order valence-electron chi connectivity index (χ4n) is 3.84. The van der Waals surface area contributed by atoms with E-state index in [2.05, 4.69) is 5.32 Å². The molecule has 192 valence electrons. The number of piperazine rings is 1. The first-order chi connectivity index (χ1) is 16.5. The Bertz CT molecular complexity index is 1010. The summed E-state index contributed by atoms with van der Waals surface area (Å²) in [7, 11) is 0. The second-order valence-corrected chi connectivity index (χ2v) is 11.7. The molecule has 1 aliphatic rings. The quantitative estimate of drug-likeness (QED) is 0.340. The Morgan fingerprint density at radius 1 is 1.17 bits per heavy atom. The SMILES string of the molecule is C[C@@H](O)C[AsH]Cc1ccc(C(=O)Nc2ccc(Cl)cc2N2CCN(CCC(F)(F)F)CC2)c(F)c1. The Hall–Kier alpha value is -1.80. The zero-order valence-corrected chi connectivity index (χ0v) is 22.2. The molecule has 1 heterocycles. The van der Waals surface area contributed by atoms with Gasteiger partial charge in [-0.2, -0.15) is 13.2 Å². The van der Waals surface area contributed by atoms with Gasteiger partial charge in [-0.05, 0) is 0 Å². The van der Waals surface area contributed by atoms with Gasteiger partial charge in [-0.25, -0.2) is 0 Å². The molecule has 3 rings (SSSR count). The molecule has 5 nitrogen and oxygen atoms in total. The maximum atomic E-state index is 14.7. The van der Waals surface area contributed by atoms with Crippen LogP contribution in [0.1, 0.15) is 29.3 Å². The number of hydrogen-bond donors (Lipinski definition) is 2. The molecule has 0 aliphatic carbocycles. The van der Waals surface area contributed by atoms with Crippen LogP contribution in [0.15, 0.2) is 36.4 Å². The third-order valence-electron chi connectivity index (χ3n) is 5.68.